The number of rotatable bonds is 5. The van der Waals surface area contributed by atoms with E-state index in [-0.39, 0.29) is 4.90 Å². The number of aliphatic hydroxyl groups is 1. The number of benzene rings is 3. The van der Waals surface area contributed by atoms with Crippen molar-refractivity contribution in [3.8, 4) is 0 Å². The zero-order valence-corrected chi connectivity index (χ0v) is 17.2. The summed E-state index contributed by atoms with van der Waals surface area (Å²) in [6, 6.07) is 25.0. The maximum absolute atomic E-state index is 13.5. The summed E-state index contributed by atoms with van der Waals surface area (Å²) < 4.78 is 28.4. The Hall–Kier alpha value is -2.47. The molecule has 29 heavy (non-hydrogen) atoms. The van der Waals surface area contributed by atoms with Crippen molar-refractivity contribution < 1.29 is 13.5 Å². The average molecular weight is 408 g/mol. The van der Waals surface area contributed by atoms with Crippen LogP contribution in [0.5, 0.6) is 0 Å². The van der Waals surface area contributed by atoms with Crippen LogP contribution in [0, 0.1) is 6.92 Å². The van der Waals surface area contributed by atoms with E-state index in [1.807, 2.05) is 67.6 Å². The molecule has 0 saturated carbocycles. The highest BCUT2D eigenvalue weighted by molar-refractivity contribution is 7.89. The lowest BCUT2D eigenvalue weighted by Crippen LogP contribution is -2.50. The highest BCUT2D eigenvalue weighted by atomic mass is 32.2. The van der Waals surface area contributed by atoms with E-state index in [4.69, 9.17) is 0 Å². The molecule has 1 N–H and O–H groups in total. The Morgan fingerprint density at radius 1 is 0.862 bits per heavy atom. The van der Waals surface area contributed by atoms with Crippen molar-refractivity contribution in [3.63, 3.8) is 0 Å². The molecule has 1 atom stereocenters. The largest absolute Gasteiger partial charge is 0.379 e. The minimum atomic E-state index is -3.73. The first-order valence-corrected chi connectivity index (χ1v) is 11.3. The molecule has 0 spiro atoms. The van der Waals surface area contributed by atoms with Crippen molar-refractivity contribution in [2.24, 2.45) is 0 Å². The Kier molecular flexibility index (Phi) is 5.30. The Balaban J connectivity index is 1.83. The molecule has 4 nitrogen and oxygen atoms in total. The van der Waals surface area contributed by atoms with Crippen LogP contribution in [-0.4, -0.2) is 30.4 Å². The van der Waals surface area contributed by atoms with Gasteiger partial charge in [0, 0.05) is 6.54 Å². The predicted molar refractivity (Wildman–Crippen MR) is 114 cm³/mol. The fraction of sp³-hybridized carbons (Fsp3) is 0.250. The minimum absolute atomic E-state index is 0.262. The molecular weight excluding hydrogens is 382 g/mol. The lowest BCUT2D eigenvalue weighted by atomic mass is 9.79. The van der Waals surface area contributed by atoms with Crippen LogP contribution in [0.3, 0.4) is 0 Å². The molecule has 5 heteroatoms. The fourth-order valence-corrected chi connectivity index (χ4v) is 5.94. The monoisotopic (exact) mass is 407 g/mol. The molecule has 0 bridgehead atoms. The average Bonchev–Trinajstić information content (AvgIpc) is 3.26. The normalized spacial score (nSPS) is 18.1. The van der Waals surface area contributed by atoms with Crippen LogP contribution in [0.1, 0.15) is 29.5 Å². The summed E-state index contributed by atoms with van der Waals surface area (Å²) in [7, 11) is -3.73. The van der Waals surface area contributed by atoms with Crippen LogP contribution in [-0.2, 0) is 15.6 Å². The van der Waals surface area contributed by atoms with Gasteiger partial charge in [0.2, 0.25) is 10.0 Å². The van der Waals surface area contributed by atoms with Gasteiger partial charge in [0.25, 0.3) is 0 Å². The molecule has 150 valence electrons. The van der Waals surface area contributed by atoms with Gasteiger partial charge in [-0.25, -0.2) is 8.42 Å². The van der Waals surface area contributed by atoms with Crippen molar-refractivity contribution in [2.45, 2.75) is 36.3 Å². The molecule has 0 amide bonds. The molecular formula is C24H25NO3S. The van der Waals surface area contributed by atoms with Crippen LogP contribution >= 0.6 is 0 Å². The summed E-state index contributed by atoms with van der Waals surface area (Å²) in [6.45, 7) is 2.32. The molecule has 0 aliphatic carbocycles. The number of sulfonamides is 1. The summed E-state index contributed by atoms with van der Waals surface area (Å²) >= 11 is 0. The van der Waals surface area contributed by atoms with E-state index in [1.54, 1.807) is 24.3 Å². The first kappa shape index (κ1) is 19.8. The molecule has 0 unspecified atom stereocenters. The summed E-state index contributed by atoms with van der Waals surface area (Å²) in [5.41, 5.74) is 0.966. The molecule has 1 aliphatic heterocycles. The van der Waals surface area contributed by atoms with Gasteiger partial charge in [0.05, 0.1) is 10.9 Å². The summed E-state index contributed by atoms with van der Waals surface area (Å²) in [6.07, 6.45) is 1.29. The molecule has 1 heterocycles. The zero-order valence-electron chi connectivity index (χ0n) is 16.4. The van der Waals surface area contributed by atoms with Gasteiger partial charge in [-0.2, -0.15) is 4.31 Å². The fourth-order valence-electron chi connectivity index (χ4n) is 4.23. The van der Waals surface area contributed by atoms with Crippen LogP contribution < -0.4 is 0 Å². The number of aryl methyl sites for hydroxylation is 1. The van der Waals surface area contributed by atoms with Gasteiger partial charge in [-0.05, 0) is 43.0 Å². The third-order valence-electron chi connectivity index (χ3n) is 5.74. The van der Waals surface area contributed by atoms with Crippen molar-refractivity contribution in [3.05, 3.63) is 102 Å². The lowest BCUT2D eigenvalue weighted by molar-refractivity contribution is 0.0204. The van der Waals surface area contributed by atoms with Crippen molar-refractivity contribution in [1.82, 2.24) is 4.31 Å². The van der Waals surface area contributed by atoms with Crippen molar-refractivity contribution in [2.75, 3.05) is 6.54 Å². The Morgan fingerprint density at radius 3 is 1.90 bits per heavy atom. The van der Waals surface area contributed by atoms with E-state index < -0.39 is 21.7 Å². The quantitative estimate of drug-likeness (QED) is 0.693. The van der Waals surface area contributed by atoms with Gasteiger partial charge >= 0.3 is 0 Å². The topological polar surface area (TPSA) is 57.6 Å². The standard InChI is InChI=1S/C24H25NO3S/c1-19-14-16-22(17-15-19)29(27,28)25-18-8-13-23(25)24(26,20-9-4-2-5-10-20)21-11-6-3-7-12-21/h2-7,9-12,14-17,23,26H,8,13,18H2,1H3/t23-/m1/s1. The van der Waals surface area contributed by atoms with E-state index in [9.17, 15) is 13.5 Å². The van der Waals surface area contributed by atoms with E-state index >= 15 is 0 Å². The van der Waals surface area contributed by atoms with Gasteiger partial charge < -0.3 is 5.11 Å². The number of hydrogen-bond acceptors (Lipinski definition) is 3. The Morgan fingerprint density at radius 2 is 1.38 bits per heavy atom. The van der Waals surface area contributed by atoms with Gasteiger partial charge in [-0.15, -0.1) is 0 Å². The predicted octanol–water partition coefficient (Wildman–Crippen LogP) is 4.08. The SMILES string of the molecule is Cc1ccc(S(=O)(=O)N2CCC[C@@H]2C(O)(c2ccccc2)c2ccccc2)cc1. The first-order valence-electron chi connectivity index (χ1n) is 9.86. The molecule has 3 aromatic rings. The van der Waals surface area contributed by atoms with E-state index in [1.165, 1.54) is 4.31 Å². The Labute approximate surface area is 172 Å². The molecule has 1 fully saturated rings. The third-order valence-corrected chi connectivity index (χ3v) is 7.66. The van der Waals surface area contributed by atoms with E-state index in [0.29, 0.717) is 30.5 Å². The Bertz CT molecular complexity index is 1020. The zero-order chi connectivity index (χ0) is 20.5. The molecule has 0 aromatic heterocycles. The van der Waals surface area contributed by atoms with Crippen LogP contribution in [0.25, 0.3) is 0 Å². The highest BCUT2D eigenvalue weighted by Crippen LogP contribution is 2.42. The van der Waals surface area contributed by atoms with Crippen molar-refractivity contribution >= 4 is 10.0 Å². The maximum atomic E-state index is 13.5. The third kappa shape index (κ3) is 3.50. The van der Waals surface area contributed by atoms with Gasteiger partial charge in [0.1, 0.15) is 5.60 Å². The smallest absolute Gasteiger partial charge is 0.243 e. The van der Waals surface area contributed by atoms with Crippen LogP contribution in [0.4, 0.5) is 0 Å². The molecule has 3 aromatic carbocycles. The van der Waals surface area contributed by atoms with Crippen molar-refractivity contribution in [1.29, 1.82) is 0 Å². The summed E-state index contributed by atoms with van der Waals surface area (Å²) in [4.78, 5) is 0.262. The van der Waals surface area contributed by atoms with Gasteiger partial charge in [0.15, 0.2) is 0 Å². The number of hydrogen-bond donors (Lipinski definition) is 1. The summed E-state index contributed by atoms with van der Waals surface area (Å²) in [5, 5.41) is 12.1. The lowest BCUT2D eigenvalue weighted by Gasteiger charge is -2.39. The summed E-state index contributed by atoms with van der Waals surface area (Å²) in [5.74, 6) is 0. The second kappa shape index (κ2) is 7.75. The van der Waals surface area contributed by atoms with Crippen LogP contribution in [0.15, 0.2) is 89.8 Å². The number of nitrogens with zero attached hydrogens (tertiary/aromatic N) is 1. The molecule has 0 radical (unpaired) electrons. The second-order valence-corrected chi connectivity index (χ2v) is 9.48. The molecule has 1 saturated heterocycles. The van der Waals surface area contributed by atoms with E-state index in [0.717, 1.165) is 5.56 Å². The van der Waals surface area contributed by atoms with Gasteiger partial charge in [-0.1, -0.05) is 78.4 Å². The minimum Gasteiger partial charge on any atom is -0.379 e. The molecule has 4 rings (SSSR count). The maximum Gasteiger partial charge on any atom is 0.243 e. The highest BCUT2D eigenvalue weighted by Gasteiger charge is 2.49. The molecule has 1 aliphatic rings. The van der Waals surface area contributed by atoms with Gasteiger partial charge in [-0.3, -0.25) is 0 Å². The second-order valence-electron chi connectivity index (χ2n) is 7.59. The van der Waals surface area contributed by atoms with Crippen LogP contribution in [0.2, 0.25) is 0 Å². The first-order chi connectivity index (χ1) is 13.9. The van der Waals surface area contributed by atoms with E-state index in [2.05, 4.69) is 0 Å².